The Bertz CT molecular complexity index is 846. The maximum Gasteiger partial charge on any atom is 0.326 e. The summed E-state index contributed by atoms with van der Waals surface area (Å²) in [5.41, 5.74) is 0.276. The van der Waals surface area contributed by atoms with Crippen LogP contribution < -0.4 is 5.56 Å². The molecule has 0 bridgehead atoms. The van der Waals surface area contributed by atoms with Crippen molar-refractivity contribution in [1.29, 1.82) is 0 Å². The number of para-hydroxylation sites is 1. The van der Waals surface area contributed by atoms with E-state index in [0.717, 1.165) is 19.3 Å². The number of ether oxygens (including phenoxy) is 1. The van der Waals surface area contributed by atoms with Crippen LogP contribution >= 0.6 is 0 Å². The highest BCUT2D eigenvalue weighted by Crippen LogP contribution is 2.16. The maximum absolute atomic E-state index is 12.2. The Hall–Kier alpha value is -2.70. The number of fused-ring (bicyclic) bond motifs is 1. The second-order valence-corrected chi connectivity index (χ2v) is 6.23. The summed E-state index contributed by atoms with van der Waals surface area (Å²) in [5, 5.41) is 0.486. The monoisotopic (exact) mass is 343 g/mol. The Morgan fingerprint density at radius 3 is 2.92 bits per heavy atom. The lowest BCUT2D eigenvalue weighted by Crippen LogP contribution is -2.36. The summed E-state index contributed by atoms with van der Waals surface area (Å²) in [6.07, 6.45) is 2.53. The average Bonchev–Trinajstić information content (AvgIpc) is 2.79. The fraction of sp³-hybridized carbons (Fsp3) is 0.444. The van der Waals surface area contributed by atoms with Crippen LogP contribution in [0, 0.1) is 0 Å². The molecule has 7 nitrogen and oxygen atoms in total. The van der Waals surface area contributed by atoms with Crippen LogP contribution in [0.2, 0.25) is 0 Å². The summed E-state index contributed by atoms with van der Waals surface area (Å²) in [5.74, 6) is -0.225. The molecule has 1 amide bonds. The van der Waals surface area contributed by atoms with Gasteiger partial charge in [-0.1, -0.05) is 18.6 Å². The first kappa shape index (κ1) is 17.1. The quantitative estimate of drug-likeness (QED) is 0.856. The molecule has 1 N–H and O–H groups in total. The SMILES string of the molecule is C[C@@H](OC(=O)CN1CCCCCC1=O)c1nc2ccccc2c(=O)[nH]1. The van der Waals surface area contributed by atoms with E-state index in [4.69, 9.17) is 4.74 Å². The third-order valence-electron chi connectivity index (χ3n) is 4.32. The Morgan fingerprint density at radius 1 is 1.28 bits per heavy atom. The molecule has 0 aliphatic carbocycles. The second kappa shape index (κ2) is 7.46. The third-order valence-corrected chi connectivity index (χ3v) is 4.32. The number of aromatic amines is 1. The molecule has 25 heavy (non-hydrogen) atoms. The number of amides is 1. The Labute approximate surface area is 145 Å². The van der Waals surface area contributed by atoms with Gasteiger partial charge in [-0.3, -0.25) is 14.4 Å². The highest BCUT2D eigenvalue weighted by atomic mass is 16.5. The van der Waals surface area contributed by atoms with Crippen LogP contribution in [0.1, 0.15) is 44.5 Å². The smallest absolute Gasteiger partial charge is 0.326 e. The number of rotatable bonds is 4. The van der Waals surface area contributed by atoms with Crippen LogP contribution in [0.3, 0.4) is 0 Å². The predicted octanol–water partition coefficient (Wildman–Crippen LogP) is 1.93. The lowest BCUT2D eigenvalue weighted by atomic mass is 10.2. The summed E-state index contributed by atoms with van der Waals surface area (Å²) < 4.78 is 5.37. The summed E-state index contributed by atoms with van der Waals surface area (Å²) in [6.45, 7) is 2.16. The van der Waals surface area contributed by atoms with Gasteiger partial charge in [0.15, 0.2) is 11.9 Å². The summed E-state index contributed by atoms with van der Waals surface area (Å²) in [4.78, 5) is 44.8. The number of nitrogens with zero attached hydrogens (tertiary/aromatic N) is 2. The number of hydrogen-bond donors (Lipinski definition) is 1. The van der Waals surface area contributed by atoms with Crippen LogP contribution in [0.5, 0.6) is 0 Å². The first-order chi connectivity index (χ1) is 12.0. The van der Waals surface area contributed by atoms with Crippen LogP contribution in [0.25, 0.3) is 10.9 Å². The lowest BCUT2D eigenvalue weighted by molar-refractivity contribution is -0.153. The van der Waals surface area contributed by atoms with Gasteiger partial charge in [0.25, 0.3) is 5.56 Å². The maximum atomic E-state index is 12.2. The van der Waals surface area contributed by atoms with Crippen LogP contribution in [-0.2, 0) is 14.3 Å². The van der Waals surface area contributed by atoms with E-state index in [1.165, 1.54) is 0 Å². The highest BCUT2D eigenvalue weighted by Gasteiger charge is 2.22. The minimum absolute atomic E-state index is 0.0145. The number of carbonyl (C=O) groups is 2. The number of aromatic nitrogens is 2. The zero-order valence-corrected chi connectivity index (χ0v) is 14.2. The molecule has 0 radical (unpaired) electrons. The molecule has 2 heterocycles. The van der Waals surface area contributed by atoms with E-state index in [2.05, 4.69) is 9.97 Å². The number of likely N-dealkylation sites (tertiary alicyclic amines) is 1. The van der Waals surface area contributed by atoms with Crippen LogP contribution in [0.4, 0.5) is 0 Å². The number of esters is 1. The first-order valence-electron chi connectivity index (χ1n) is 8.51. The number of carbonyl (C=O) groups excluding carboxylic acids is 2. The standard InChI is InChI=1S/C18H21N3O4/c1-12(17-19-14-8-5-4-7-13(14)18(24)20-17)25-16(23)11-21-10-6-2-3-9-15(21)22/h4-5,7-8,12H,2-3,6,9-11H2,1H3,(H,19,20,24)/t12-/m1/s1. The van der Waals surface area contributed by atoms with Crippen molar-refractivity contribution in [2.75, 3.05) is 13.1 Å². The van der Waals surface area contributed by atoms with Gasteiger partial charge >= 0.3 is 5.97 Å². The molecule has 1 fully saturated rings. The number of H-pyrrole nitrogens is 1. The van der Waals surface area contributed by atoms with E-state index >= 15 is 0 Å². The van der Waals surface area contributed by atoms with Crippen molar-refractivity contribution < 1.29 is 14.3 Å². The second-order valence-electron chi connectivity index (χ2n) is 6.23. The molecule has 7 heteroatoms. The van der Waals surface area contributed by atoms with E-state index in [9.17, 15) is 14.4 Å². The zero-order chi connectivity index (χ0) is 17.8. The van der Waals surface area contributed by atoms with Gasteiger partial charge in [-0.15, -0.1) is 0 Å². The van der Waals surface area contributed by atoms with E-state index in [1.807, 2.05) is 0 Å². The van der Waals surface area contributed by atoms with Crippen molar-refractivity contribution >= 4 is 22.8 Å². The van der Waals surface area contributed by atoms with Crippen molar-refractivity contribution in [3.8, 4) is 0 Å². The first-order valence-corrected chi connectivity index (χ1v) is 8.51. The van der Waals surface area contributed by atoms with Crippen LogP contribution in [0.15, 0.2) is 29.1 Å². The highest BCUT2D eigenvalue weighted by molar-refractivity contribution is 5.82. The van der Waals surface area contributed by atoms with E-state index in [-0.39, 0.29) is 18.0 Å². The van der Waals surface area contributed by atoms with Gasteiger partial charge in [0.1, 0.15) is 6.54 Å². The summed E-state index contributed by atoms with van der Waals surface area (Å²) >= 11 is 0. The molecule has 0 saturated carbocycles. The van der Waals surface area contributed by atoms with Crippen molar-refractivity contribution in [3.63, 3.8) is 0 Å². The Morgan fingerprint density at radius 2 is 2.08 bits per heavy atom. The molecule has 1 aliphatic rings. The third kappa shape index (κ3) is 4.04. The van der Waals surface area contributed by atoms with E-state index in [0.29, 0.717) is 29.7 Å². The van der Waals surface area contributed by atoms with Crippen molar-refractivity contribution in [1.82, 2.24) is 14.9 Å². The van der Waals surface area contributed by atoms with Crippen molar-refractivity contribution in [2.45, 2.75) is 38.7 Å². The van der Waals surface area contributed by atoms with Gasteiger partial charge in [0, 0.05) is 13.0 Å². The van der Waals surface area contributed by atoms with Gasteiger partial charge in [-0.05, 0) is 31.9 Å². The number of nitrogens with one attached hydrogen (secondary N) is 1. The zero-order valence-electron chi connectivity index (χ0n) is 14.2. The molecule has 2 aromatic rings. The average molecular weight is 343 g/mol. The summed E-state index contributed by atoms with van der Waals surface area (Å²) in [6, 6.07) is 6.98. The van der Waals surface area contributed by atoms with Gasteiger partial charge in [-0.2, -0.15) is 0 Å². The van der Waals surface area contributed by atoms with Gasteiger partial charge in [0.2, 0.25) is 5.91 Å². The molecule has 0 spiro atoms. The minimum Gasteiger partial charge on any atom is -0.453 e. The predicted molar refractivity (Wildman–Crippen MR) is 91.9 cm³/mol. The Balaban J connectivity index is 1.69. The van der Waals surface area contributed by atoms with Gasteiger partial charge < -0.3 is 14.6 Å². The Kier molecular flexibility index (Phi) is 5.11. The molecule has 1 aromatic carbocycles. The van der Waals surface area contributed by atoms with Crippen molar-refractivity contribution in [3.05, 3.63) is 40.4 Å². The minimum atomic E-state index is -0.702. The van der Waals surface area contributed by atoms with Gasteiger partial charge in [-0.25, -0.2) is 4.98 Å². The largest absolute Gasteiger partial charge is 0.453 e. The fourth-order valence-corrected chi connectivity index (χ4v) is 2.95. The normalized spacial score (nSPS) is 16.5. The molecular formula is C18H21N3O4. The number of hydrogen-bond acceptors (Lipinski definition) is 5. The molecule has 1 atom stereocenters. The summed E-state index contributed by atoms with van der Waals surface area (Å²) in [7, 11) is 0. The fourth-order valence-electron chi connectivity index (χ4n) is 2.95. The van der Waals surface area contributed by atoms with Gasteiger partial charge in [0.05, 0.1) is 10.9 Å². The molecule has 3 rings (SSSR count). The van der Waals surface area contributed by atoms with Crippen LogP contribution in [-0.4, -0.2) is 39.8 Å². The molecule has 1 aliphatic heterocycles. The number of benzene rings is 1. The molecule has 1 aromatic heterocycles. The molecular weight excluding hydrogens is 322 g/mol. The lowest BCUT2D eigenvalue weighted by Gasteiger charge is -2.20. The van der Waals surface area contributed by atoms with Crippen molar-refractivity contribution in [2.24, 2.45) is 0 Å². The van der Waals surface area contributed by atoms with E-state index < -0.39 is 12.1 Å². The molecule has 0 unspecified atom stereocenters. The topological polar surface area (TPSA) is 92.4 Å². The van der Waals surface area contributed by atoms with E-state index in [1.54, 1.807) is 36.1 Å². The molecule has 1 saturated heterocycles. The molecule has 132 valence electrons.